The number of aromatic nitrogens is 5. The Bertz CT molecular complexity index is 803. The Hall–Kier alpha value is -2.31. The molecule has 110 valence electrons. The van der Waals surface area contributed by atoms with Crippen LogP contribution in [0.1, 0.15) is 24.6 Å². The van der Waals surface area contributed by atoms with Gasteiger partial charge in [-0.25, -0.2) is 18.4 Å². The van der Waals surface area contributed by atoms with E-state index in [0.29, 0.717) is 23.3 Å². The Morgan fingerprint density at radius 3 is 2.67 bits per heavy atom. The van der Waals surface area contributed by atoms with Crippen LogP contribution in [-0.2, 0) is 13.6 Å². The highest BCUT2D eigenvalue weighted by atomic mass is 19.3. The number of fused-ring (bicyclic) bond motifs is 1. The molecule has 0 radical (unpaired) electrons. The molecule has 0 aliphatic carbocycles. The average molecular weight is 291 g/mol. The molecule has 0 fully saturated rings. The van der Waals surface area contributed by atoms with Crippen molar-refractivity contribution >= 4 is 11.0 Å². The lowest BCUT2D eigenvalue weighted by atomic mass is 10.1. The third kappa shape index (κ3) is 2.18. The third-order valence-electron chi connectivity index (χ3n) is 3.47. The predicted molar refractivity (Wildman–Crippen MR) is 75.1 cm³/mol. The summed E-state index contributed by atoms with van der Waals surface area (Å²) >= 11 is 0. The van der Waals surface area contributed by atoms with Crippen molar-refractivity contribution in [2.45, 2.75) is 26.8 Å². The van der Waals surface area contributed by atoms with Gasteiger partial charge in [0.15, 0.2) is 5.65 Å². The number of hydrogen-bond donors (Lipinski definition) is 0. The number of pyridine rings is 1. The largest absolute Gasteiger partial charge is 0.275 e. The first-order chi connectivity index (χ1) is 10.0. The molecule has 0 amide bonds. The monoisotopic (exact) mass is 291 g/mol. The molecule has 3 rings (SSSR count). The first kappa shape index (κ1) is 13.7. The molecule has 0 unspecified atom stereocenters. The van der Waals surface area contributed by atoms with E-state index < -0.39 is 6.43 Å². The number of hydrogen-bond acceptors (Lipinski definition) is 3. The van der Waals surface area contributed by atoms with Crippen LogP contribution in [0.2, 0.25) is 0 Å². The van der Waals surface area contributed by atoms with E-state index in [-0.39, 0.29) is 5.56 Å². The van der Waals surface area contributed by atoms with Gasteiger partial charge in [0.2, 0.25) is 0 Å². The van der Waals surface area contributed by atoms with Crippen LogP contribution in [-0.4, -0.2) is 24.5 Å². The second kappa shape index (κ2) is 4.91. The zero-order valence-electron chi connectivity index (χ0n) is 12.0. The van der Waals surface area contributed by atoms with Gasteiger partial charge in [0, 0.05) is 36.3 Å². The Kier molecular flexibility index (Phi) is 3.19. The summed E-state index contributed by atoms with van der Waals surface area (Å²) in [7, 11) is 1.79. The summed E-state index contributed by atoms with van der Waals surface area (Å²) in [5.74, 6) is 0. The maximum Gasteiger partial charge on any atom is 0.264 e. The highest BCUT2D eigenvalue weighted by Crippen LogP contribution is 2.31. The smallest absolute Gasteiger partial charge is 0.264 e. The second-order valence-corrected chi connectivity index (χ2v) is 4.90. The average Bonchev–Trinajstić information content (AvgIpc) is 3.00. The van der Waals surface area contributed by atoms with E-state index >= 15 is 0 Å². The van der Waals surface area contributed by atoms with Crippen LogP contribution < -0.4 is 0 Å². The minimum atomic E-state index is -2.57. The van der Waals surface area contributed by atoms with Crippen molar-refractivity contribution in [3.8, 4) is 11.3 Å². The number of halogens is 2. The van der Waals surface area contributed by atoms with Gasteiger partial charge in [0.05, 0.1) is 17.6 Å². The van der Waals surface area contributed by atoms with Gasteiger partial charge in [-0.3, -0.25) is 4.68 Å². The molecule has 5 nitrogen and oxygen atoms in total. The summed E-state index contributed by atoms with van der Waals surface area (Å²) in [6, 6.07) is 1.43. The molecule has 0 aliphatic rings. The standard InChI is InChI=1S/C14H15F2N5/c1-4-21-14-10(6-17-21)9(13(15)16)5-12(18-14)11-7-20(3)19-8(11)2/h5-7,13H,4H2,1-3H3. The third-order valence-corrected chi connectivity index (χ3v) is 3.47. The van der Waals surface area contributed by atoms with Crippen LogP contribution in [0.3, 0.4) is 0 Å². The van der Waals surface area contributed by atoms with Crippen molar-refractivity contribution in [2.24, 2.45) is 7.05 Å². The molecule has 3 aromatic rings. The van der Waals surface area contributed by atoms with Crippen molar-refractivity contribution in [2.75, 3.05) is 0 Å². The highest BCUT2D eigenvalue weighted by Gasteiger charge is 2.19. The first-order valence-electron chi connectivity index (χ1n) is 6.66. The maximum atomic E-state index is 13.3. The molecular weight excluding hydrogens is 276 g/mol. The van der Waals surface area contributed by atoms with Gasteiger partial charge in [-0.05, 0) is 19.9 Å². The van der Waals surface area contributed by atoms with Crippen molar-refractivity contribution in [1.29, 1.82) is 0 Å². The Morgan fingerprint density at radius 2 is 2.10 bits per heavy atom. The summed E-state index contributed by atoms with van der Waals surface area (Å²) in [6.45, 7) is 4.31. The lowest BCUT2D eigenvalue weighted by molar-refractivity contribution is 0.153. The van der Waals surface area contributed by atoms with Crippen LogP contribution in [0.15, 0.2) is 18.5 Å². The van der Waals surface area contributed by atoms with Gasteiger partial charge in [-0.2, -0.15) is 10.2 Å². The van der Waals surface area contributed by atoms with E-state index in [9.17, 15) is 8.78 Å². The van der Waals surface area contributed by atoms with Gasteiger partial charge < -0.3 is 0 Å². The number of nitrogens with zero attached hydrogens (tertiary/aromatic N) is 5. The van der Waals surface area contributed by atoms with Gasteiger partial charge in [-0.15, -0.1) is 0 Å². The summed E-state index contributed by atoms with van der Waals surface area (Å²) < 4.78 is 29.9. The highest BCUT2D eigenvalue weighted by molar-refractivity contribution is 5.82. The minimum absolute atomic E-state index is 0.0436. The van der Waals surface area contributed by atoms with Gasteiger partial charge >= 0.3 is 0 Å². The summed E-state index contributed by atoms with van der Waals surface area (Å²) in [5.41, 5.74) is 2.45. The quantitative estimate of drug-likeness (QED) is 0.745. The predicted octanol–water partition coefficient (Wildman–Crippen LogP) is 3.10. The Morgan fingerprint density at radius 1 is 1.33 bits per heavy atom. The van der Waals surface area contributed by atoms with Crippen LogP contribution in [0.4, 0.5) is 8.78 Å². The number of alkyl halides is 2. The molecule has 7 heteroatoms. The zero-order valence-corrected chi connectivity index (χ0v) is 12.0. The van der Waals surface area contributed by atoms with E-state index in [2.05, 4.69) is 15.2 Å². The molecule has 0 bridgehead atoms. The van der Waals surface area contributed by atoms with Gasteiger partial charge in [-0.1, -0.05) is 0 Å². The molecule has 0 N–H and O–H groups in total. The topological polar surface area (TPSA) is 48.5 Å². The fourth-order valence-corrected chi connectivity index (χ4v) is 2.47. The van der Waals surface area contributed by atoms with Crippen molar-refractivity contribution in [1.82, 2.24) is 24.5 Å². The van der Waals surface area contributed by atoms with E-state index in [1.165, 1.54) is 12.3 Å². The van der Waals surface area contributed by atoms with E-state index in [1.54, 1.807) is 22.6 Å². The molecule has 3 heterocycles. The summed E-state index contributed by atoms with van der Waals surface area (Å²) in [5, 5.41) is 8.76. The van der Waals surface area contributed by atoms with Crippen molar-refractivity contribution < 1.29 is 8.78 Å². The van der Waals surface area contributed by atoms with Gasteiger partial charge in [0.1, 0.15) is 0 Å². The number of rotatable bonds is 3. The van der Waals surface area contributed by atoms with Crippen LogP contribution in [0.5, 0.6) is 0 Å². The molecule has 0 atom stereocenters. The lowest BCUT2D eigenvalue weighted by Crippen LogP contribution is -1.99. The molecule has 0 saturated heterocycles. The van der Waals surface area contributed by atoms with Crippen LogP contribution >= 0.6 is 0 Å². The van der Waals surface area contributed by atoms with Crippen LogP contribution in [0.25, 0.3) is 22.3 Å². The molecule has 0 aromatic carbocycles. The zero-order chi connectivity index (χ0) is 15.1. The summed E-state index contributed by atoms with van der Waals surface area (Å²) in [6.07, 6.45) is 0.666. The summed E-state index contributed by atoms with van der Waals surface area (Å²) in [4.78, 5) is 4.51. The maximum absolute atomic E-state index is 13.3. The van der Waals surface area contributed by atoms with E-state index in [4.69, 9.17) is 0 Å². The fourth-order valence-electron chi connectivity index (χ4n) is 2.47. The van der Waals surface area contributed by atoms with Gasteiger partial charge in [0.25, 0.3) is 6.43 Å². The van der Waals surface area contributed by atoms with E-state index in [1.807, 2.05) is 13.8 Å². The van der Waals surface area contributed by atoms with Crippen LogP contribution in [0, 0.1) is 6.92 Å². The van der Waals surface area contributed by atoms with Crippen molar-refractivity contribution in [3.05, 3.63) is 29.7 Å². The SMILES string of the molecule is CCn1ncc2c(C(F)F)cc(-c3cn(C)nc3C)nc21. The van der Waals surface area contributed by atoms with Crippen molar-refractivity contribution in [3.63, 3.8) is 0 Å². The normalized spacial score (nSPS) is 11.7. The molecule has 0 spiro atoms. The Balaban J connectivity index is 2.31. The number of aryl methyl sites for hydroxylation is 3. The molecule has 21 heavy (non-hydrogen) atoms. The first-order valence-corrected chi connectivity index (χ1v) is 6.66. The molecule has 0 saturated carbocycles. The van der Waals surface area contributed by atoms with E-state index in [0.717, 1.165) is 11.3 Å². The Labute approximate surface area is 120 Å². The molecule has 0 aliphatic heterocycles. The molecule has 3 aromatic heterocycles. The minimum Gasteiger partial charge on any atom is -0.275 e. The second-order valence-electron chi connectivity index (χ2n) is 4.90. The molecular formula is C14H15F2N5. The fraction of sp³-hybridized carbons (Fsp3) is 0.357. The lowest BCUT2D eigenvalue weighted by Gasteiger charge is -2.07.